The zero-order valence-corrected chi connectivity index (χ0v) is 9.79. The molecule has 1 aromatic carbocycles. The van der Waals surface area contributed by atoms with E-state index in [1.165, 1.54) is 24.8 Å². The zero-order chi connectivity index (χ0) is 11.2. The second-order valence-corrected chi connectivity index (χ2v) is 5.09. The van der Waals surface area contributed by atoms with Gasteiger partial charge in [-0.2, -0.15) is 0 Å². The van der Waals surface area contributed by atoms with Gasteiger partial charge in [0.05, 0.1) is 6.20 Å². The maximum absolute atomic E-state index is 6.14. The maximum Gasteiger partial charge on any atom is 0.181 e. The Hall–Kier alpha value is -1.28. The molecule has 0 unspecified atom stereocenters. The molecule has 1 saturated carbocycles. The minimum atomic E-state index is 0.319. The van der Waals surface area contributed by atoms with Crippen LogP contribution in [0.4, 0.5) is 0 Å². The summed E-state index contributed by atoms with van der Waals surface area (Å²) in [5.41, 5.74) is 2.62. The summed E-state index contributed by atoms with van der Waals surface area (Å²) >= 11 is 6.14. The summed E-state index contributed by atoms with van der Waals surface area (Å²) in [5, 5.41) is 0.761. The van der Waals surface area contributed by atoms with E-state index in [1.807, 2.05) is 6.07 Å². The zero-order valence-electron chi connectivity index (χ0n) is 9.03. The fourth-order valence-corrected chi connectivity index (χ4v) is 2.15. The minimum absolute atomic E-state index is 0.319. The lowest BCUT2D eigenvalue weighted by atomic mass is 9.96. The van der Waals surface area contributed by atoms with Gasteiger partial charge in [-0.3, -0.25) is 0 Å². The van der Waals surface area contributed by atoms with E-state index in [9.17, 15) is 0 Å². The predicted octanol–water partition coefficient (Wildman–Crippen LogP) is 4.05. The van der Waals surface area contributed by atoms with E-state index in [4.69, 9.17) is 16.0 Å². The lowest BCUT2D eigenvalue weighted by Gasteiger charge is -2.10. The average Bonchev–Trinajstić information content (AvgIpc) is 2.83. The van der Waals surface area contributed by atoms with Crippen LogP contribution in [0.1, 0.15) is 25.3 Å². The van der Waals surface area contributed by atoms with Crippen LogP contribution in [-0.4, -0.2) is 4.98 Å². The molecule has 0 bridgehead atoms. The molecule has 1 fully saturated rings. The highest BCUT2D eigenvalue weighted by Crippen LogP contribution is 2.48. The average molecular weight is 234 g/mol. The lowest BCUT2D eigenvalue weighted by Crippen LogP contribution is -1.99. The molecule has 1 aliphatic carbocycles. The molecule has 3 heteroatoms. The Bertz CT molecular complexity index is 515. The first kappa shape index (κ1) is 9.91. The van der Waals surface area contributed by atoms with Gasteiger partial charge in [-0.25, -0.2) is 4.98 Å². The molecule has 16 heavy (non-hydrogen) atoms. The number of aromatic nitrogens is 1. The van der Waals surface area contributed by atoms with Crippen LogP contribution < -0.4 is 0 Å². The van der Waals surface area contributed by atoms with Crippen LogP contribution in [0.3, 0.4) is 0 Å². The third-order valence-corrected chi connectivity index (χ3v) is 3.53. The van der Waals surface area contributed by atoms with E-state index in [-0.39, 0.29) is 0 Å². The van der Waals surface area contributed by atoms with E-state index in [0.29, 0.717) is 5.41 Å². The molecule has 1 heterocycles. The first-order chi connectivity index (χ1) is 7.67. The number of halogens is 1. The third kappa shape index (κ3) is 1.63. The van der Waals surface area contributed by atoms with Gasteiger partial charge in [0.25, 0.3) is 0 Å². The maximum atomic E-state index is 6.14. The summed E-state index contributed by atoms with van der Waals surface area (Å²) in [4.78, 5) is 3.93. The van der Waals surface area contributed by atoms with Crippen molar-refractivity contribution in [2.24, 2.45) is 0 Å². The van der Waals surface area contributed by atoms with Crippen molar-refractivity contribution in [1.29, 1.82) is 0 Å². The van der Waals surface area contributed by atoms with Crippen molar-refractivity contribution in [2.75, 3.05) is 0 Å². The molecular formula is C13H12ClNO. The van der Waals surface area contributed by atoms with Gasteiger partial charge in [0.2, 0.25) is 0 Å². The summed E-state index contributed by atoms with van der Waals surface area (Å²) in [5.74, 6) is 0.771. The number of hydrogen-bond acceptors (Lipinski definition) is 2. The Morgan fingerprint density at radius 3 is 2.75 bits per heavy atom. The first-order valence-corrected chi connectivity index (χ1v) is 5.75. The van der Waals surface area contributed by atoms with Crippen molar-refractivity contribution in [3.05, 3.63) is 41.4 Å². The molecule has 0 amide bonds. The standard InChI is InChI=1S/C13H12ClNO/c1-13(2-3-13)10-4-9(5-11(14)6-10)12-7-15-8-16-12/h4-8H,2-3H2,1H3. The Balaban J connectivity index is 2.10. The van der Waals surface area contributed by atoms with Gasteiger partial charge < -0.3 is 4.42 Å². The lowest BCUT2D eigenvalue weighted by molar-refractivity contribution is 0.572. The van der Waals surface area contributed by atoms with E-state index in [1.54, 1.807) is 6.20 Å². The SMILES string of the molecule is CC1(c2cc(Cl)cc(-c3cnco3)c2)CC1. The van der Waals surface area contributed by atoms with Crippen LogP contribution in [0.25, 0.3) is 11.3 Å². The molecule has 1 aromatic heterocycles. The molecule has 2 nitrogen and oxygen atoms in total. The van der Waals surface area contributed by atoms with E-state index >= 15 is 0 Å². The Morgan fingerprint density at radius 1 is 1.31 bits per heavy atom. The summed E-state index contributed by atoms with van der Waals surface area (Å²) in [6.07, 6.45) is 5.63. The number of rotatable bonds is 2. The predicted molar refractivity (Wildman–Crippen MR) is 63.5 cm³/mol. The molecule has 0 N–H and O–H groups in total. The fourth-order valence-electron chi connectivity index (χ4n) is 1.91. The van der Waals surface area contributed by atoms with Crippen LogP contribution in [0.2, 0.25) is 5.02 Å². The van der Waals surface area contributed by atoms with Crippen molar-refractivity contribution >= 4 is 11.6 Å². The topological polar surface area (TPSA) is 26.0 Å². The molecule has 0 saturated heterocycles. The highest BCUT2D eigenvalue weighted by atomic mass is 35.5. The van der Waals surface area contributed by atoms with Crippen LogP contribution in [-0.2, 0) is 5.41 Å². The summed E-state index contributed by atoms with van der Waals surface area (Å²) in [7, 11) is 0. The molecule has 1 aliphatic rings. The van der Waals surface area contributed by atoms with Gasteiger partial charge >= 0.3 is 0 Å². The van der Waals surface area contributed by atoms with Crippen LogP contribution in [0.15, 0.2) is 35.2 Å². The molecule has 82 valence electrons. The summed E-state index contributed by atoms with van der Waals surface area (Å²) < 4.78 is 5.29. The van der Waals surface area contributed by atoms with E-state index in [2.05, 4.69) is 24.0 Å². The quantitative estimate of drug-likeness (QED) is 0.782. The minimum Gasteiger partial charge on any atom is -0.444 e. The fraction of sp³-hybridized carbons (Fsp3) is 0.308. The van der Waals surface area contributed by atoms with Crippen LogP contribution in [0.5, 0.6) is 0 Å². The Morgan fingerprint density at radius 2 is 2.12 bits per heavy atom. The van der Waals surface area contributed by atoms with E-state index < -0.39 is 0 Å². The number of oxazole rings is 1. The smallest absolute Gasteiger partial charge is 0.181 e. The second kappa shape index (κ2) is 3.36. The monoisotopic (exact) mass is 233 g/mol. The van der Waals surface area contributed by atoms with Crippen molar-refractivity contribution in [3.63, 3.8) is 0 Å². The third-order valence-electron chi connectivity index (χ3n) is 3.31. The Kier molecular flexibility index (Phi) is 2.08. The van der Waals surface area contributed by atoms with Gasteiger partial charge in [0.15, 0.2) is 12.2 Å². The largest absolute Gasteiger partial charge is 0.444 e. The van der Waals surface area contributed by atoms with E-state index in [0.717, 1.165) is 16.3 Å². The molecule has 3 rings (SSSR count). The summed E-state index contributed by atoms with van der Waals surface area (Å²) in [6.45, 7) is 2.27. The highest BCUT2D eigenvalue weighted by Gasteiger charge is 2.39. The normalized spacial score (nSPS) is 17.4. The first-order valence-electron chi connectivity index (χ1n) is 5.37. The molecule has 2 aromatic rings. The van der Waals surface area contributed by atoms with Crippen molar-refractivity contribution in [3.8, 4) is 11.3 Å². The number of nitrogens with zero attached hydrogens (tertiary/aromatic N) is 1. The van der Waals surface area contributed by atoms with Crippen molar-refractivity contribution < 1.29 is 4.42 Å². The van der Waals surface area contributed by atoms with Gasteiger partial charge in [-0.15, -0.1) is 0 Å². The number of benzene rings is 1. The highest BCUT2D eigenvalue weighted by molar-refractivity contribution is 6.31. The molecular weight excluding hydrogens is 222 g/mol. The van der Waals surface area contributed by atoms with Gasteiger partial charge in [-0.1, -0.05) is 18.5 Å². The molecule has 0 spiro atoms. The summed E-state index contributed by atoms with van der Waals surface area (Å²) in [6, 6.07) is 6.12. The molecule has 0 radical (unpaired) electrons. The van der Waals surface area contributed by atoms with Crippen molar-refractivity contribution in [1.82, 2.24) is 4.98 Å². The molecule has 0 atom stereocenters. The van der Waals surface area contributed by atoms with Crippen LogP contribution >= 0.6 is 11.6 Å². The number of hydrogen-bond donors (Lipinski definition) is 0. The van der Waals surface area contributed by atoms with Crippen molar-refractivity contribution in [2.45, 2.75) is 25.2 Å². The van der Waals surface area contributed by atoms with Crippen LogP contribution in [0, 0.1) is 0 Å². The van der Waals surface area contributed by atoms with Gasteiger partial charge in [0.1, 0.15) is 0 Å². The van der Waals surface area contributed by atoms with Gasteiger partial charge in [-0.05, 0) is 42.0 Å². The second-order valence-electron chi connectivity index (χ2n) is 4.65. The van der Waals surface area contributed by atoms with Gasteiger partial charge in [0, 0.05) is 10.6 Å². The molecule has 0 aliphatic heterocycles. The Labute approximate surface area is 99.3 Å².